The maximum Gasteiger partial charge on any atom is 0.408 e. The molecule has 2 aromatic rings. The van der Waals surface area contributed by atoms with Gasteiger partial charge in [0.2, 0.25) is 5.91 Å². The molecule has 7 heteroatoms. The van der Waals surface area contributed by atoms with Crippen molar-refractivity contribution in [3.05, 3.63) is 54.1 Å². The molecule has 2 amide bonds. The van der Waals surface area contributed by atoms with Gasteiger partial charge in [0.1, 0.15) is 17.7 Å². The fourth-order valence-corrected chi connectivity index (χ4v) is 3.67. The molecule has 0 unspecified atom stereocenters. The second-order valence-electron chi connectivity index (χ2n) is 9.02. The van der Waals surface area contributed by atoms with E-state index in [0.717, 1.165) is 29.8 Å². The van der Waals surface area contributed by atoms with Crippen molar-refractivity contribution < 1.29 is 14.3 Å². The van der Waals surface area contributed by atoms with Gasteiger partial charge in [-0.25, -0.2) is 4.79 Å². The predicted octanol–water partition coefficient (Wildman–Crippen LogP) is 3.83. The van der Waals surface area contributed by atoms with Crippen LogP contribution in [0.25, 0.3) is 11.1 Å². The highest BCUT2D eigenvalue weighted by molar-refractivity contribution is 5.85. The summed E-state index contributed by atoms with van der Waals surface area (Å²) in [4.78, 5) is 26.6. The van der Waals surface area contributed by atoms with Gasteiger partial charge >= 0.3 is 6.09 Å². The lowest BCUT2D eigenvalue weighted by molar-refractivity contribution is -0.123. The van der Waals surface area contributed by atoms with Crippen LogP contribution < -0.4 is 15.5 Å². The Balaban J connectivity index is 1.63. The Morgan fingerprint density at radius 1 is 1.16 bits per heavy atom. The van der Waals surface area contributed by atoms with E-state index in [0.29, 0.717) is 12.1 Å². The number of alkyl carbamates (subject to hydrolysis) is 1. The van der Waals surface area contributed by atoms with Gasteiger partial charge in [-0.2, -0.15) is 5.26 Å². The van der Waals surface area contributed by atoms with Crippen molar-refractivity contribution >= 4 is 17.7 Å². The topological polar surface area (TPSA) is 94.5 Å². The van der Waals surface area contributed by atoms with Crippen molar-refractivity contribution in [1.82, 2.24) is 10.6 Å². The highest BCUT2D eigenvalue weighted by Crippen LogP contribution is 2.30. The van der Waals surface area contributed by atoms with Crippen molar-refractivity contribution in [3.63, 3.8) is 0 Å². The van der Waals surface area contributed by atoms with Crippen molar-refractivity contribution in [2.75, 3.05) is 18.0 Å². The van der Waals surface area contributed by atoms with Crippen LogP contribution in [0.15, 0.2) is 48.5 Å². The van der Waals surface area contributed by atoms with Crippen molar-refractivity contribution in [1.29, 1.82) is 5.26 Å². The molecule has 2 aromatic carbocycles. The molecule has 3 rings (SSSR count). The third-order valence-electron chi connectivity index (χ3n) is 5.23. The number of nitriles is 1. The van der Waals surface area contributed by atoms with Gasteiger partial charge in [-0.1, -0.05) is 36.4 Å². The number of hydrogen-bond donors (Lipinski definition) is 2. The minimum Gasteiger partial charge on any atom is -0.444 e. The standard InChI is InChI=1S/C25H30N4O3/c1-17(27-24(31)32-25(2,3)4)23(30)28-21-12-13-29(16-21)22-14-19(10-11-20(22)15-26)18-8-6-5-7-9-18/h5-11,14,17,21H,12-13,16H2,1-4H3,(H,27,31)(H,28,30)/t17-,21-/m0/s1. The molecule has 7 nitrogen and oxygen atoms in total. The van der Waals surface area contributed by atoms with Crippen LogP contribution in [-0.2, 0) is 9.53 Å². The lowest BCUT2D eigenvalue weighted by atomic mass is 10.0. The summed E-state index contributed by atoms with van der Waals surface area (Å²) in [6.07, 6.45) is 0.135. The Hall–Kier alpha value is -3.53. The van der Waals surface area contributed by atoms with Crippen LogP contribution in [0.1, 0.15) is 39.7 Å². The van der Waals surface area contributed by atoms with Crippen LogP contribution in [-0.4, -0.2) is 42.8 Å². The first-order chi connectivity index (χ1) is 15.2. The van der Waals surface area contributed by atoms with E-state index in [1.807, 2.05) is 48.5 Å². The fraction of sp³-hybridized carbons (Fsp3) is 0.400. The van der Waals surface area contributed by atoms with Crippen LogP contribution in [0.4, 0.5) is 10.5 Å². The molecule has 2 N–H and O–H groups in total. The lowest BCUT2D eigenvalue weighted by Crippen LogP contribution is -2.49. The predicted molar refractivity (Wildman–Crippen MR) is 124 cm³/mol. The zero-order chi connectivity index (χ0) is 23.3. The first-order valence-electron chi connectivity index (χ1n) is 10.8. The number of carbonyl (C=O) groups excluding carboxylic acids is 2. The monoisotopic (exact) mass is 434 g/mol. The number of anilines is 1. The number of carbonyl (C=O) groups is 2. The number of hydrogen-bond acceptors (Lipinski definition) is 5. The molecule has 1 aliphatic rings. The second kappa shape index (κ2) is 9.73. The third kappa shape index (κ3) is 6.01. The minimum absolute atomic E-state index is 0.0719. The van der Waals surface area contributed by atoms with Crippen molar-refractivity contribution in [2.45, 2.75) is 51.8 Å². The molecule has 0 spiro atoms. The van der Waals surface area contributed by atoms with Crippen LogP contribution in [0, 0.1) is 11.3 Å². The summed E-state index contributed by atoms with van der Waals surface area (Å²) in [5.74, 6) is -0.263. The molecule has 0 bridgehead atoms. The number of benzene rings is 2. The molecule has 1 fully saturated rings. The van der Waals surface area contributed by atoms with Gasteiger partial charge in [-0.05, 0) is 57.4 Å². The van der Waals surface area contributed by atoms with Crippen LogP contribution in [0.5, 0.6) is 0 Å². The molecule has 0 radical (unpaired) electrons. The molecule has 168 valence electrons. The van der Waals surface area contributed by atoms with Crippen LogP contribution in [0.2, 0.25) is 0 Å². The molecule has 1 aliphatic heterocycles. The van der Waals surface area contributed by atoms with E-state index in [4.69, 9.17) is 4.74 Å². The van der Waals surface area contributed by atoms with E-state index in [1.54, 1.807) is 27.7 Å². The van der Waals surface area contributed by atoms with Gasteiger partial charge < -0.3 is 20.3 Å². The highest BCUT2D eigenvalue weighted by Gasteiger charge is 2.28. The molecule has 0 aromatic heterocycles. The molecular weight excluding hydrogens is 404 g/mol. The van der Waals surface area contributed by atoms with E-state index in [2.05, 4.69) is 21.6 Å². The van der Waals surface area contributed by atoms with E-state index >= 15 is 0 Å². The Kier molecular flexibility index (Phi) is 7.04. The van der Waals surface area contributed by atoms with Crippen molar-refractivity contribution in [2.24, 2.45) is 0 Å². The largest absolute Gasteiger partial charge is 0.444 e. The zero-order valence-corrected chi connectivity index (χ0v) is 19.0. The van der Waals surface area contributed by atoms with Crippen molar-refractivity contribution in [3.8, 4) is 17.2 Å². The maximum absolute atomic E-state index is 12.6. The van der Waals surface area contributed by atoms with Gasteiger partial charge in [0, 0.05) is 19.1 Å². The Labute approximate surface area is 189 Å². The summed E-state index contributed by atoms with van der Waals surface area (Å²) in [5.41, 5.74) is 2.98. The fourth-order valence-electron chi connectivity index (χ4n) is 3.67. The Morgan fingerprint density at radius 3 is 2.53 bits per heavy atom. The quantitative estimate of drug-likeness (QED) is 0.746. The van der Waals surface area contributed by atoms with E-state index in [9.17, 15) is 14.9 Å². The lowest BCUT2D eigenvalue weighted by Gasteiger charge is -2.23. The van der Waals surface area contributed by atoms with Gasteiger partial charge in [-0.15, -0.1) is 0 Å². The summed E-state index contributed by atoms with van der Waals surface area (Å²) in [5, 5.41) is 15.2. The summed E-state index contributed by atoms with van der Waals surface area (Å²) < 4.78 is 5.21. The number of nitrogens with one attached hydrogen (secondary N) is 2. The summed E-state index contributed by atoms with van der Waals surface area (Å²) >= 11 is 0. The third-order valence-corrected chi connectivity index (χ3v) is 5.23. The van der Waals surface area contributed by atoms with E-state index in [1.165, 1.54) is 0 Å². The first kappa shape index (κ1) is 23.1. The molecule has 0 aliphatic carbocycles. The smallest absolute Gasteiger partial charge is 0.408 e. The van der Waals surface area contributed by atoms with E-state index < -0.39 is 17.7 Å². The van der Waals surface area contributed by atoms with Gasteiger partial charge in [0.25, 0.3) is 0 Å². The number of nitrogens with zero attached hydrogens (tertiary/aromatic N) is 2. The number of rotatable bonds is 5. The zero-order valence-electron chi connectivity index (χ0n) is 19.0. The van der Waals surface area contributed by atoms with Crippen LogP contribution >= 0.6 is 0 Å². The molecular formula is C25H30N4O3. The molecule has 1 heterocycles. The van der Waals surface area contributed by atoms with E-state index in [-0.39, 0.29) is 11.9 Å². The molecule has 0 saturated carbocycles. The second-order valence-corrected chi connectivity index (χ2v) is 9.02. The summed E-state index contributed by atoms with van der Waals surface area (Å²) in [7, 11) is 0. The molecule has 32 heavy (non-hydrogen) atoms. The molecule has 1 saturated heterocycles. The number of ether oxygens (including phenoxy) is 1. The summed E-state index contributed by atoms with van der Waals surface area (Å²) in [6.45, 7) is 8.26. The SMILES string of the molecule is C[C@H](NC(=O)OC(C)(C)C)C(=O)N[C@H]1CCN(c2cc(-c3ccccc3)ccc2C#N)C1. The molecule has 2 atom stereocenters. The average molecular weight is 435 g/mol. The van der Waals surface area contributed by atoms with Crippen LogP contribution in [0.3, 0.4) is 0 Å². The first-order valence-corrected chi connectivity index (χ1v) is 10.8. The number of amides is 2. The minimum atomic E-state index is -0.713. The highest BCUT2D eigenvalue weighted by atomic mass is 16.6. The van der Waals surface area contributed by atoms with Gasteiger partial charge in [0.15, 0.2) is 0 Å². The Bertz CT molecular complexity index is 1010. The normalized spacial score (nSPS) is 16.7. The van der Waals surface area contributed by atoms with Gasteiger partial charge in [-0.3, -0.25) is 4.79 Å². The average Bonchev–Trinajstić information content (AvgIpc) is 3.20. The Morgan fingerprint density at radius 2 is 1.88 bits per heavy atom. The summed E-state index contributed by atoms with van der Waals surface area (Å²) in [6, 6.07) is 17.3. The maximum atomic E-state index is 12.6. The van der Waals surface area contributed by atoms with Gasteiger partial charge in [0.05, 0.1) is 11.3 Å².